The van der Waals surface area contributed by atoms with Gasteiger partial charge in [-0.1, -0.05) is 43.7 Å². The van der Waals surface area contributed by atoms with Gasteiger partial charge in [-0.2, -0.15) is 4.89 Å². The average molecular weight is 503 g/mol. The third-order valence-corrected chi connectivity index (χ3v) is 5.07. The van der Waals surface area contributed by atoms with E-state index in [2.05, 4.69) is 15.5 Å². The molecule has 4 N–H and O–H groups in total. The van der Waals surface area contributed by atoms with Crippen molar-refractivity contribution in [3.8, 4) is 11.5 Å². The van der Waals surface area contributed by atoms with Gasteiger partial charge in [0.1, 0.15) is 18.7 Å². The van der Waals surface area contributed by atoms with Crippen LogP contribution in [0.25, 0.3) is 0 Å². The topological polar surface area (TPSA) is 160 Å². The van der Waals surface area contributed by atoms with Crippen LogP contribution >= 0.6 is 0 Å². The molecule has 0 aromatic heterocycles. The van der Waals surface area contributed by atoms with E-state index in [-0.39, 0.29) is 42.9 Å². The van der Waals surface area contributed by atoms with E-state index in [1.807, 2.05) is 13.0 Å². The van der Waals surface area contributed by atoms with Crippen LogP contribution in [0.4, 0.5) is 0 Å². The zero-order valence-electron chi connectivity index (χ0n) is 20.1. The summed E-state index contributed by atoms with van der Waals surface area (Å²) in [4.78, 5) is 58.6. The molecule has 36 heavy (non-hydrogen) atoms. The second-order valence-electron chi connectivity index (χ2n) is 7.83. The molecule has 2 rings (SSSR count). The van der Waals surface area contributed by atoms with Crippen LogP contribution in [0.3, 0.4) is 0 Å². The molecule has 11 heteroatoms. The first-order valence-corrected chi connectivity index (χ1v) is 11.3. The third-order valence-electron chi connectivity index (χ3n) is 5.07. The van der Waals surface area contributed by atoms with Gasteiger partial charge in [-0.25, -0.2) is 4.79 Å². The minimum absolute atomic E-state index is 0.00666. The van der Waals surface area contributed by atoms with Gasteiger partial charge < -0.3 is 30.5 Å². The number of rotatable bonds is 14. The van der Waals surface area contributed by atoms with Crippen molar-refractivity contribution in [3.05, 3.63) is 59.7 Å². The number of carboxylic acids is 1. The summed E-state index contributed by atoms with van der Waals surface area (Å²) in [7, 11) is 1.26. The maximum Gasteiger partial charge on any atom is 0.328 e. The van der Waals surface area contributed by atoms with Crippen LogP contribution in [0.15, 0.2) is 48.5 Å². The average Bonchev–Trinajstić information content (AvgIpc) is 2.86. The fourth-order valence-corrected chi connectivity index (χ4v) is 3.24. The first-order valence-electron chi connectivity index (χ1n) is 11.3. The van der Waals surface area contributed by atoms with Gasteiger partial charge in [-0.05, 0) is 36.6 Å². The van der Waals surface area contributed by atoms with E-state index in [4.69, 9.17) is 14.7 Å². The van der Waals surface area contributed by atoms with Gasteiger partial charge in [-0.15, -0.1) is 0 Å². The Balaban J connectivity index is 2.09. The van der Waals surface area contributed by atoms with Gasteiger partial charge in [0.2, 0.25) is 11.7 Å². The summed E-state index contributed by atoms with van der Waals surface area (Å²) in [5, 5.41) is 24.1. The van der Waals surface area contributed by atoms with Gasteiger partial charge in [0.05, 0.1) is 7.11 Å². The van der Waals surface area contributed by atoms with Crippen LogP contribution in [0.2, 0.25) is 0 Å². The molecule has 0 aliphatic carbocycles. The number of aromatic hydroxyl groups is 1. The molecule has 0 aliphatic rings. The number of esters is 1. The number of carboxylic acid groups (broad SMARTS) is 1. The van der Waals surface area contributed by atoms with E-state index >= 15 is 0 Å². The molecule has 0 aliphatic heterocycles. The summed E-state index contributed by atoms with van der Waals surface area (Å²) in [6.45, 7) is 1.77. The molecular formula is C25H30N2O9. The lowest BCUT2D eigenvalue weighted by atomic mass is 10.1. The second-order valence-corrected chi connectivity index (χ2v) is 7.83. The van der Waals surface area contributed by atoms with E-state index in [9.17, 15) is 24.3 Å². The highest BCUT2D eigenvalue weighted by molar-refractivity contribution is 5.98. The Morgan fingerprint density at radius 1 is 0.972 bits per heavy atom. The highest BCUT2D eigenvalue weighted by Gasteiger charge is 2.28. The smallest absolute Gasteiger partial charge is 0.328 e. The van der Waals surface area contributed by atoms with Crippen LogP contribution in [-0.4, -0.2) is 53.2 Å². The van der Waals surface area contributed by atoms with E-state index in [1.165, 1.54) is 19.2 Å². The van der Waals surface area contributed by atoms with Crippen LogP contribution in [0, 0.1) is 0 Å². The first kappa shape index (κ1) is 28.1. The van der Waals surface area contributed by atoms with E-state index < -0.39 is 35.8 Å². The highest BCUT2D eigenvalue weighted by atomic mass is 17.2. The molecule has 2 amide bonds. The Morgan fingerprint density at radius 2 is 1.69 bits per heavy atom. The molecule has 2 aromatic rings. The van der Waals surface area contributed by atoms with Gasteiger partial charge in [0, 0.05) is 12.0 Å². The zero-order chi connectivity index (χ0) is 26.5. The number of ether oxygens (including phenoxy) is 1. The third kappa shape index (κ3) is 8.91. The molecule has 0 saturated carbocycles. The minimum Gasteiger partial charge on any atom is -0.504 e. The largest absolute Gasteiger partial charge is 0.504 e. The molecule has 0 radical (unpaired) electrons. The molecule has 2 atom stereocenters. The maximum absolute atomic E-state index is 13.0. The predicted molar refractivity (Wildman–Crippen MR) is 127 cm³/mol. The lowest BCUT2D eigenvalue weighted by molar-refractivity contribution is -0.179. The van der Waals surface area contributed by atoms with Gasteiger partial charge in [0.15, 0.2) is 5.75 Å². The Kier molecular flexibility index (Phi) is 11.2. The number of aliphatic carboxylic acids is 1. The lowest BCUT2D eigenvalue weighted by Gasteiger charge is -2.22. The van der Waals surface area contributed by atoms with Crippen molar-refractivity contribution >= 4 is 23.8 Å². The van der Waals surface area contributed by atoms with Crippen molar-refractivity contribution in [3.63, 3.8) is 0 Å². The quantitative estimate of drug-likeness (QED) is 0.173. The van der Waals surface area contributed by atoms with Gasteiger partial charge >= 0.3 is 11.9 Å². The molecule has 0 unspecified atom stereocenters. The van der Waals surface area contributed by atoms with Crippen molar-refractivity contribution in [2.45, 2.75) is 51.3 Å². The zero-order valence-corrected chi connectivity index (χ0v) is 20.1. The molecule has 0 spiro atoms. The maximum atomic E-state index is 13.0. The number of phenolic OH excluding ortho intramolecular Hbond substituents is 1. The van der Waals surface area contributed by atoms with Crippen LogP contribution in [0.5, 0.6) is 11.5 Å². The molecule has 0 fully saturated rings. The Bertz CT molecular complexity index is 1040. The highest BCUT2D eigenvalue weighted by Crippen LogP contribution is 2.26. The fourth-order valence-electron chi connectivity index (χ4n) is 3.24. The molecule has 194 valence electrons. The molecule has 11 nitrogen and oxygen atoms in total. The normalized spacial score (nSPS) is 12.2. The first-order chi connectivity index (χ1) is 17.2. The van der Waals surface area contributed by atoms with Crippen molar-refractivity contribution in [1.29, 1.82) is 0 Å². The van der Waals surface area contributed by atoms with Crippen molar-refractivity contribution in [2.24, 2.45) is 0 Å². The summed E-state index contributed by atoms with van der Waals surface area (Å²) in [6.07, 6.45) is 0.225. The lowest BCUT2D eigenvalue weighted by Crippen LogP contribution is -2.52. The number of nitrogens with one attached hydrogen (secondary N) is 2. The monoisotopic (exact) mass is 502 g/mol. The Labute approximate surface area is 208 Å². The molecule has 0 heterocycles. The summed E-state index contributed by atoms with van der Waals surface area (Å²) >= 11 is 0. The number of benzene rings is 2. The molecule has 0 bridgehead atoms. The molecular weight excluding hydrogens is 472 g/mol. The SMILES string of the molecule is CCC[C@H](NC(=O)c1ccc(OOC)c(O)c1)C(=O)N[C@@H](CCC(=O)O)C(=O)OCc1ccccc1. The number of hydrogen-bond acceptors (Lipinski definition) is 8. The number of amides is 2. The number of carbonyl (C=O) groups excluding carboxylic acids is 3. The Morgan fingerprint density at radius 3 is 2.31 bits per heavy atom. The van der Waals surface area contributed by atoms with Gasteiger partial charge in [0.25, 0.3) is 5.91 Å². The number of hydrogen-bond donors (Lipinski definition) is 4. The summed E-state index contributed by atoms with van der Waals surface area (Å²) in [6, 6.07) is 10.5. The molecule has 2 aromatic carbocycles. The van der Waals surface area contributed by atoms with E-state index in [1.54, 1.807) is 24.3 Å². The van der Waals surface area contributed by atoms with Crippen molar-refractivity contribution in [2.75, 3.05) is 7.11 Å². The van der Waals surface area contributed by atoms with Crippen LogP contribution in [0.1, 0.15) is 48.5 Å². The van der Waals surface area contributed by atoms with Gasteiger partial charge in [-0.3, -0.25) is 14.4 Å². The van der Waals surface area contributed by atoms with Crippen LogP contribution in [-0.2, 0) is 30.6 Å². The van der Waals surface area contributed by atoms with Crippen molar-refractivity contribution < 1.29 is 43.9 Å². The Hall–Kier alpha value is -4.12. The summed E-state index contributed by atoms with van der Waals surface area (Å²) < 4.78 is 5.27. The summed E-state index contributed by atoms with van der Waals surface area (Å²) in [5.74, 6) is -3.56. The minimum atomic E-state index is -1.22. The van der Waals surface area contributed by atoms with E-state index in [0.29, 0.717) is 6.42 Å². The van der Waals surface area contributed by atoms with Crippen molar-refractivity contribution in [1.82, 2.24) is 10.6 Å². The second kappa shape index (κ2) is 14.3. The fraction of sp³-hybridized carbons (Fsp3) is 0.360. The predicted octanol–water partition coefficient (Wildman–Crippen LogP) is 2.32. The standard InChI is InChI=1S/C25H30N2O9/c1-3-7-18(26-23(31)17-10-12-21(36-34-2)20(28)14-17)24(32)27-19(11-13-22(29)30)25(33)35-15-16-8-5-4-6-9-16/h4-6,8-10,12,14,18-19,28H,3,7,11,13,15H2,1-2H3,(H,26,31)(H,27,32)(H,29,30)/t18-,19-/m0/s1. The van der Waals surface area contributed by atoms with E-state index in [0.717, 1.165) is 11.6 Å². The molecule has 0 saturated heterocycles. The van der Waals surface area contributed by atoms with Crippen LogP contribution < -0.4 is 15.5 Å². The number of phenols is 1. The number of carbonyl (C=O) groups is 4. The summed E-state index contributed by atoms with van der Waals surface area (Å²) in [5.41, 5.74) is 0.796.